The molecule has 0 saturated heterocycles. The first-order valence-corrected chi connectivity index (χ1v) is 12.4. The van der Waals surface area contributed by atoms with Crippen molar-refractivity contribution in [3.63, 3.8) is 0 Å². The first-order chi connectivity index (χ1) is 18.9. The normalized spacial score (nSPS) is 12.5. The second-order valence-corrected chi connectivity index (χ2v) is 9.66. The lowest BCUT2D eigenvalue weighted by molar-refractivity contribution is 0.176. The van der Waals surface area contributed by atoms with Crippen LogP contribution >= 0.6 is 0 Å². The van der Waals surface area contributed by atoms with Crippen molar-refractivity contribution in [1.82, 2.24) is 35.1 Å². The Morgan fingerprint density at radius 2 is 1.82 bits per heavy atom. The van der Waals surface area contributed by atoms with E-state index in [1.807, 2.05) is 13.8 Å². The van der Waals surface area contributed by atoms with Gasteiger partial charge in [0.05, 0.1) is 22.8 Å². The van der Waals surface area contributed by atoms with Crippen molar-refractivity contribution in [2.24, 2.45) is 5.92 Å². The summed E-state index contributed by atoms with van der Waals surface area (Å²) < 4.78 is 30.6. The highest BCUT2D eigenvalue weighted by molar-refractivity contribution is 5.96. The predicted molar refractivity (Wildman–Crippen MR) is 144 cm³/mol. The molecule has 1 atom stereocenters. The third-order valence-corrected chi connectivity index (χ3v) is 6.39. The van der Waals surface area contributed by atoms with Gasteiger partial charge >= 0.3 is 0 Å². The minimum Gasteiger partial charge on any atom is -0.374 e. The molecule has 39 heavy (non-hydrogen) atoms. The summed E-state index contributed by atoms with van der Waals surface area (Å²) in [5, 5.41) is 20.4. The Hall–Kier alpha value is -4.77. The Morgan fingerprint density at radius 3 is 2.64 bits per heavy atom. The molecule has 0 bridgehead atoms. The number of aromatic amines is 2. The molecule has 4 N–H and O–H groups in total. The summed E-state index contributed by atoms with van der Waals surface area (Å²) in [5.41, 5.74) is 3.52. The van der Waals surface area contributed by atoms with Crippen LogP contribution in [0.2, 0.25) is 0 Å². The molecular weight excluding hydrogens is 502 g/mol. The van der Waals surface area contributed by atoms with Crippen LogP contribution in [0, 0.1) is 17.6 Å². The molecule has 9 nitrogen and oxygen atoms in total. The van der Waals surface area contributed by atoms with Crippen molar-refractivity contribution in [1.29, 1.82) is 0 Å². The highest BCUT2D eigenvalue weighted by atomic mass is 19.1. The van der Waals surface area contributed by atoms with Gasteiger partial charge in [0.15, 0.2) is 17.1 Å². The third-order valence-electron chi connectivity index (χ3n) is 6.39. The van der Waals surface area contributed by atoms with E-state index in [1.165, 1.54) is 18.5 Å². The number of hydrogen-bond acceptors (Lipinski definition) is 7. The van der Waals surface area contributed by atoms with Gasteiger partial charge in [-0.3, -0.25) is 10.1 Å². The number of halogens is 2. The highest BCUT2D eigenvalue weighted by Crippen LogP contribution is 2.35. The first-order valence-electron chi connectivity index (χ1n) is 12.4. The van der Waals surface area contributed by atoms with E-state index in [0.29, 0.717) is 45.9 Å². The van der Waals surface area contributed by atoms with Gasteiger partial charge in [0.2, 0.25) is 0 Å². The lowest BCUT2D eigenvalue weighted by atomic mass is 10.1. The average Bonchev–Trinajstić information content (AvgIpc) is 3.53. The van der Waals surface area contributed by atoms with Gasteiger partial charge < -0.3 is 15.4 Å². The van der Waals surface area contributed by atoms with Crippen LogP contribution in [0.3, 0.4) is 0 Å². The van der Waals surface area contributed by atoms with Gasteiger partial charge in [-0.05, 0) is 30.5 Å². The quantitative estimate of drug-likeness (QED) is 0.197. The van der Waals surface area contributed by atoms with Crippen LogP contribution in [0.4, 0.5) is 14.5 Å². The van der Waals surface area contributed by atoms with E-state index in [1.54, 1.807) is 42.7 Å². The number of imidazole rings is 1. The molecule has 0 fully saturated rings. The maximum Gasteiger partial charge on any atom is 0.184 e. The van der Waals surface area contributed by atoms with Gasteiger partial charge in [-0.25, -0.2) is 23.7 Å². The first kappa shape index (κ1) is 24.6. The molecule has 1 aromatic carbocycles. The number of nitrogens with one attached hydrogen (secondary N) is 3. The fourth-order valence-electron chi connectivity index (χ4n) is 4.62. The molecule has 0 spiro atoms. The second kappa shape index (κ2) is 9.84. The Labute approximate surface area is 221 Å². The average molecular weight is 527 g/mol. The Morgan fingerprint density at radius 1 is 0.974 bits per heavy atom. The largest absolute Gasteiger partial charge is 0.374 e. The molecule has 0 aliphatic carbocycles. The van der Waals surface area contributed by atoms with Crippen LogP contribution in [0.25, 0.3) is 56.0 Å². The summed E-state index contributed by atoms with van der Waals surface area (Å²) in [4.78, 5) is 20.5. The molecule has 6 aromatic rings. The van der Waals surface area contributed by atoms with Gasteiger partial charge in [-0.15, -0.1) is 0 Å². The molecule has 196 valence electrons. The summed E-state index contributed by atoms with van der Waals surface area (Å²) in [7, 11) is 0. The number of aliphatic hydroxyl groups excluding tert-OH is 1. The van der Waals surface area contributed by atoms with Crippen LogP contribution in [0.15, 0.2) is 61.2 Å². The minimum atomic E-state index is -0.760. The number of aromatic nitrogens is 7. The Balaban J connectivity index is 1.42. The van der Waals surface area contributed by atoms with Gasteiger partial charge in [0.25, 0.3) is 0 Å². The van der Waals surface area contributed by atoms with Gasteiger partial charge in [-0.1, -0.05) is 32.0 Å². The zero-order valence-corrected chi connectivity index (χ0v) is 21.1. The molecule has 0 saturated carbocycles. The Kier molecular flexibility index (Phi) is 6.20. The van der Waals surface area contributed by atoms with E-state index in [9.17, 15) is 9.50 Å². The lowest BCUT2D eigenvalue weighted by Gasteiger charge is -2.16. The number of anilines is 1. The summed E-state index contributed by atoms with van der Waals surface area (Å²) in [6.45, 7) is 4.02. The van der Waals surface area contributed by atoms with Gasteiger partial charge in [-0.2, -0.15) is 5.10 Å². The summed E-state index contributed by atoms with van der Waals surface area (Å²) >= 11 is 0. The number of rotatable bonds is 7. The number of H-pyrrole nitrogens is 2. The standard InChI is InChI=1S/C28H24F2N8O/c1-14(2)9-21(39)34-16-10-15(11-31-12-16)19-13-33-26-22(23(19)30)25(37-38-26)28-35-24-18(7-8-32-27(24)36-28)17-5-3-4-6-20(17)29/h3-8,10-14,21,34,39H,9H2,1-2H3,(H,32,35,36)(H,33,37,38). The molecule has 5 heterocycles. The summed E-state index contributed by atoms with van der Waals surface area (Å²) in [6.07, 6.45) is 5.82. The zero-order chi connectivity index (χ0) is 27.1. The van der Waals surface area contributed by atoms with Crippen molar-refractivity contribution in [3.8, 4) is 33.8 Å². The van der Waals surface area contributed by atoms with Crippen LogP contribution in [-0.2, 0) is 0 Å². The van der Waals surface area contributed by atoms with Gasteiger partial charge in [0.1, 0.15) is 23.6 Å². The monoisotopic (exact) mass is 526 g/mol. The van der Waals surface area contributed by atoms with E-state index in [2.05, 4.69) is 40.4 Å². The molecular formula is C28H24F2N8O. The Bertz CT molecular complexity index is 1810. The zero-order valence-electron chi connectivity index (χ0n) is 21.1. The molecule has 0 amide bonds. The smallest absolute Gasteiger partial charge is 0.184 e. The van der Waals surface area contributed by atoms with E-state index in [4.69, 9.17) is 0 Å². The van der Waals surface area contributed by atoms with E-state index in [0.717, 1.165) is 0 Å². The van der Waals surface area contributed by atoms with Crippen LogP contribution in [0.5, 0.6) is 0 Å². The van der Waals surface area contributed by atoms with E-state index < -0.39 is 12.0 Å². The maximum absolute atomic E-state index is 16.0. The van der Waals surface area contributed by atoms with Crippen LogP contribution < -0.4 is 5.32 Å². The number of pyridine rings is 3. The van der Waals surface area contributed by atoms with Crippen molar-refractivity contribution in [2.75, 3.05) is 5.32 Å². The summed E-state index contributed by atoms with van der Waals surface area (Å²) in [5.74, 6) is -0.362. The van der Waals surface area contributed by atoms with Crippen LogP contribution in [0.1, 0.15) is 20.3 Å². The van der Waals surface area contributed by atoms with Crippen molar-refractivity contribution in [3.05, 3.63) is 72.8 Å². The molecule has 0 aliphatic rings. The third kappa shape index (κ3) is 4.57. The van der Waals surface area contributed by atoms with Crippen molar-refractivity contribution < 1.29 is 13.9 Å². The van der Waals surface area contributed by atoms with Crippen molar-refractivity contribution >= 4 is 27.9 Å². The van der Waals surface area contributed by atoms with Gasteiger partial charge in [0, 0.05) is 40.8 Å². The van der Waals surface area contributed by atoms with E-state index in [-0.39, 0.29) is 33.9 Å². The number of benzene rings is 1. The van der Waals surface area contributed by atoms with E-state index >= 15 is 4.39 Å². The number of aliphatic hydroxyl groups is 1. The fraction of sp³-hybridized carbons (Fsp3) is 0.179. The topological polar surface area (TPSA) is 128 Å². The highest BCUT2D eigenvalue weighted by Gasteiger charge is 2.22. The molecule has 0 radical (unpaired) electrons. The van der Waals surface area contributed by atoms with Crippen LogP contribution in [-0.4, -0.2) is 46.5 Å². The molecule has 0 aliphatic heterocycles. The van der Waals surface area contributed by atoms with Crippen molar-refractivity contribution in [2.45, 2.75) is 26.5 Å². The molecule has 11 heteroatoms. The number of fused-ring (bicyclic) bond motifs is 2. The number of hydrogen-bond donors (Lipinski definition) is 4. The lowest BCUT2D eigenvalue weighted by Crippen LogP contribution is -2.20. The minimum absolute atomic E-state index is 0.136. The number of nitrogens with zero attached hydrogens (tertiary/aromatic N) is 5. The molecule has 1 unspecified atom stereocenters. The fourth-order valence-corrected chi connectivity index (χ4v) is 4.62. The SMILES string of the molecule is CC(C)CC(O)Nc1cncc(-c2cnc3n[nH]c(-c4nc5nccc(-c6ccccc6F)c5[nH]4)c3c2F)c1. The summed E-state index contributed by atoms with van der Waals surface area (Å²) in [6, 6.07) is 9.82. The second-order valence-electron chi connectivity index (χ2n) is 9.66. The molecule has 6 rings (SSSR count). The maximum atomic E-state index is 16.0. The predicted octanol–water partition coefficient (Wildman–Crippen LogP) is 5.68. The molecule has 5 aromatic heterocycles.